The van der Waals surface area contributed by atoms with Crippen LogP contribution in [0.3, 0.4) is 0 Å². The van der Waals surface area contributed by atoms with Gasteiger partial charge in [-0.1, -0.05) is 154 Å². The number of aryl methyl sites for hydroxylation is 1. The Hall–Kier alpha value is -6.62. The summed E-state index contributed by atoms with van der Waals surface area (Å²) < 4.78 is 2.61. The minimum Gasteiger partial charge on any atom is -0.355 e. The molecule has 1 radical (unpaired) electrons. The van der Waals surface area contributed by atoms with Crippen LogP contribution in [0.25, 0.3) is 64.0 Å². The van der Waals surface area contributed by atoms with Crippen molar-refractivity contribution in [2.24, 2.45) is 0 Å². The lowest BCUT2D eigenvalue weighted by molar-refractivity contribution is 0.590. The lowest BCUT2D eigenvalue weighted by atomic mass is 9.57. The zero-order valence-electron chi connectivity index (χ0n) is 33.7. The Balaban J connectivity index is 1.20. The van der Waals surface area contributed by atoms with Crippen molar-refractivity contribution in [2.75, 3.05) is 10.2 Å². The number of benzene rings is 9. The minimum absolute atomic E-state index is 0.0793. The molecule has 281 valence electrons. The highest BCUT2D eigenvalue weighted by atomic mass is 32.1. The highest BCUT2D eigenvalue weighted by molar-refractivity contribution is 7.25. The maximum Gasteiger partial charge on any atom is 0.197 e. The summed E-state index contributed by atoms with van der Waals surface area (Å²) in [6.07, 6.45) is 0. The van der Waals surface area contributed by atoms with Crippen molar-refractivity contribution >= 4 is 99.7 Å². The van der Waals surface area contributed by atoms with Gasteiger partial charge in [-0.3, -0.25) is 0 Å². The predicted molar refractivity (Wildman–Crippen MR) is 258 cm³/mol. The molecule has 0 spiro atoms. The minimum atomic E-state index is 0.0793. The summed E-state index contributed by atoms with van der Waals surface area (Å²) in [6, 6.07) is 65.0. The third kappa shape index (κ3) is 6.01. The molecule has 0 bridgehead atoms. The number of thiophene rings is 1. The third-order valence-electron chi connectivity index (χ3n) is 12.1. The standard InChI is InChI=1S/C55H42BN2S/c1-34-30-37(35-14-6-5-7-15-35)23-29-48(34)58-49-33-51-44(43-20-12-13-21-50(43)59-51)32-46(49)56-53-45(31-38-17-9-11-19-42(38)54(53)58)52-41-18-10-8-16-36(41)22-28-47(52)57-40-26-24-39(25-27-40)55(2,3)4/h5-33,57H,1-4H3. The summed E-state index contributed by atoms with van der Waals surface area (Å²) in [7, 11) is 2.46. The van der Waals surface area contributed by atoms with Gasteiger partial charge in [0.2, 0.25) is 0 Å². The molecule has 2 heterocycles. The van der Waals surface area contributed by atoms with Crippen LogP contribution in [0, 0.1) is 6.92 Å². The first kappa shape index (κ1) is 35.5. The summed E-state index contributed by atoms with van der Waals surface area (Å²) in [5.74, 6) is 0. The second kappa shape index (κ2) is 13.8. The van der Waals surface area contributed by atoms with Gasteiger partial charge < -0.3 is 10.2 Å². The van der Waals surface area contributed by atoms with E-state index in [1.54, 1.807) is 0 Å². The summed E-state index contributed by atoms with van der Waals surface area (Å²) >= 11 is 1.88. The Morgan fingerprint density at radius 3 is 2.03 bits per heavy atom. The molecule has 0 aliphatic carbocycles. The fourth-order valence-corrected chi connectivity index (χ4v) is 10.3. The Morgan fingerprint density at radius 1 is 0.542 bits per heavy atom. The molecule has 1 aliphatic heterocycles. The average molecular weight is 774 g/mol. The predicted octanol–water partition coefficient (Wildman–Crippen LogP) is 14.5. The third-order valence-corrected chi connectivity index (χ3v) is 13.3. The average Bonchev–Trinajstić information content (AvgIpc) is 3.62. The molecule has 1 aliphatic rings. The molecule has 0 amide bonds. The van der Waals surface area contributed by atoms with Crippen molar-refractivity contribution < 1.29 is 0 Å². The van der Waals surface area contributed by atoms with Crippen molar-refractivity contribution in [3.05, 3.63) is 187 Å². The van der Waals surface area contributed by atoms with Gasteiger partial charge in [-0.2, -0.15) is 0 Å². The molecule has 9 aromatic carbocycles. The van der Waals surface area contributed by atoms with E-state index in [4.69, 9.17) is 0 Å². The van der Waals surface area contributed by atoms with Crippen LogP contribution in [0.1, 0.15) is 31.9 Å². The number of hydrogen-bond acceptors (Lipinski definition) is 3. The SMILES string of the molecule is Cc1cc(-c2ccccc2)ccc1N1c2cc3sc4ccccc4c3cc2[B]c2c(-c3c(Nc4ccc(C(C)(C)C)cc4)ccc4ccccc34)cc3ccccc3c21. The van der Waals surface area contributed by atoms with E-state index >= 15 is 0 Å². The van der Waals surface area contributed by atoms with E-state index in [2.05, 4.69) is 221 Å². The normalized spacial score (nSPS) is 12.5. The zero-order valence-corrected chi connectivity index (χ0v) is 34.5. The largest absolute Gasteiger partial charge is 0.355 e. The van der Waals surface area contributed by atoms with Gasteiger partial charge in [0, 0.05) is 54.2 Å². The molecular formula is C55H42BN2S. The fraction of sp³-hybridized carbons (Fsp3) is 0.0909. The van der Waals surface area contributed by atoms with Crippen LogP contribution in [0.4, 0.5) is 28.4 Å². The van der Waals surface area contributed by atoms with E-state index in [1.165, 1.54) is 103 Å². The van der Waals surface area contributed by atoms with E-state index in [0.717, 1.165) is 11.4 Å². The first-order valence-corrected chi connectivity index (χ1v) is 21.3. The maximum absolute atomic E-state index is 3.90. The Bertz CT molecular complexity index is 3270. The van der Waals surface area contributed by atoms with Crippen molar-refractivity contribution in [3.63, 3.8) is 0 Å². The Labute approximate surface area is 350 Å². The van der Waals surface area contributed by atoms with Crippen molar-refractivity contribution in [1.29, 1.82) is 0 Å². The molecule has 0 atom stereocenters. The van der Waals surface area contributed by atoms with Crippen molar-refractivity contribution in [2.45, 2.75) is 33.1 Å². The highest BCUT2D eigenvalue weighted by Gasteiger charge is 2.32. The van der Waals surface area contributed by atoms with Gasteiger partial charge in [-0.15, -0.1) is 11.3 Å². The van der Waals surface area contributed by atoms with E-state index in [9.17, 15) is 0 Å². The Kier molecular flexibility index (Phi) is 8.29. The molecular weight excluding hydrogens is 731 g/mol. The lowest BCUT2D eigenvalue weighted by Crippen LogP contribution is -2.41. The van der Waals surface area contributed by atoms with Crippen LogP contribution in [-0.4, -0.2) is 7.28 Å². The van der Waals surface area contributed by atoms with E-state index in [1.807, 2.05) is 11.3 Å². The molecule has 4 heteroatoms. The smallest absolute Gasteiger partial charge is 0.197 e. The molecule has 1 aromatic heterocycles. The number of anilines is 5. The number of rotatable bonds is 5. The van der Waals surface area contributed by atoms with Gasteiger partial charge in [-0.25, -0.2) is 0 Å². The maximum atomic E-state index is 3.90. The van der Waals surface area contributed by atoms with E-state index in [0.29, 0.717) is 0 Å². The molecule has 1 N–H and O–H groups in total. The second-order valence-electron chi connectivity index (χ2n) is 16.9. The van der Waals surface area contributed by atoms with E-state index in [-0.39, 0.29) is 5.41 Å². The molecule has 0 saturated carbocycles. The first-order chi connectivity index (χ1) is 28.8. The van der Waals surface area contributed by atoms with Gasteiger partial charge in [0.1, 0.15) is 0 Å². The zero-order chi connectivity index (χ0) is 39.8. The first-order valence-electron chi connectivity index (χ1n) is 20.5. The van der Waals surface area contributed by atoms with Crippen LogP contribution in [0.15, 0.2) is 176 Å². The summed E-state index contributed by atoms with van der Waals surface area (Å²) in [5, 5.41) is 11.4. The Morgan fingerprint density at radius 2 is 1.25 bits per heavy atom. The summed E-state index contributed by atoms with van der Waals surface area (Å²) in [4.78, 5) is 2.56. The van der Waals surface area contributed by atoms with Crippen LogP contribution in [-0.2, 0) is 5.41 Å². The lowest BCUT2D eigenvalue weighted by Gasteiger charge is -2.37. The van der Waals surface area contributed by atoms with E-state index < -0.39 is 0 Å². The fourth-order valence-electron chi connectivity index (χ4n) is 9.14. The number of nitrogens with one attached hydrogen (secondary N) is 1. The summed E-state index contributed by atoms with van der Waals surface area (Å²) in [6.45, 7) is 9.06. The molecule has 0 fully saturated rings. The van der Waals surface area contributed by atoms with Gasteiger partial charge in [-0.05, 0) is 116 Å². The number of hydrogen-bond donors (Lipinski definition) is 1. The molecule has 10 aromatic rings. The molecule has 59 heavy (non-hydrogen) atoms. The number of nitrogens with zero attached hydrogens (tertiary/aromatic N) is 1. The quantitative estimate of drug-likeness (QED) is 0.175. The van der Waals surface area contributed by atoms with Crippen LogP contribution >= 0.6 is 11.3 Å². The van der Waals surface area contributed by atoms with Gasteiger partial charge in [0.15, 0.2) is 7.28 Å². The molecule has 0 unspecified atom stereocenters. The second-order valence-corrected chi connectivity index (χ2v) is 18.0. The van der Waals surface area contributed by atoms with Crippen LogP contribution in [0.5, 0.6) is 0 Å². The molecule has 2 nitrogen and oxygen atoms in total. The van der Waals surface area contributed by atoms with Crippen molar-refractivity contribution in [3.8, 4) is 22.3 Å². The van der Waals surface area contributed by atoms with Gasteiger partial charge in [0.25, 0.3) is 0 Å². The monoisotopic (exact) mass is 773 g/mol. The molecule has 0 saturated heterocycles. The van der Waals surface area contributed by atoms with Crippen LogP contribution < -0.4 is 21.1 Å². The highest BCUT2D eigenvalue weighted by Crippen LogP contribution is 2.47. The van der Waals surface area contributed by atoms with Crippen LogP contribution in [0.2, 0.25) is 0 Å². The number of fused-ring (bicyclic) bond motifs is 8. The van der Waals surface area contributed by atoms with Crippen molar-refractivity contribution in [1.82, 2.24) is 0 Å². The van der Waals surface area contributed by atoms with Gasteiger partial charge in [0.05, 0.1) is 0 Å². The van der Waals surface area contributed by atoms with Gasteiger partial charge >= 0.3 is 0 Å². The molecule has 11 rings (SSSR count). The topological polar surface area (TPSA) is 15.3 Å². The summed E-state index contributed by atoms with van der Waals surface area (Å²) in [5.41, 5.74) is 15.6.